The standard InChI is InChI=1S/C32H34N2O/c1-4-20-32(30-33-31(2,3)24-35-30)21-19-29(27-17-11-12-18-28(27)32)34(22-25-13-7-5-8-14-25)23-26-15-9-6-10-16-26/h4-19,21,29H,1,20,22-24H2,2-3H3/t29-,32+/m1/s1. The van der Waals surface area contributed by atoms with Crippen molar-refractivity contribution in [3.63, 3.8) is 0 Å². The molecule has 5 rings (SSSR count). The van der Waals surface area contributed by atoms with Crippen LogP contribution in [0.25, 0.3) is 0 Å². The molecule has 0 N–H and O–H groups in total. The summed E-state index contributed by atoms with van der Waals surface area (Å²) in [6.07, 6.45) is 7.42. The third kappa shape index (κ3) is 4.74. The molecule has 0 aromatic heterocycles. The SMILES string of the molecule is C=CC[C@]1(C2=NC(C)(C)CO2)C=C[C@@H](N(Cc2ccccc2)Cc2ccccc2)c2ccccc21. The van der Waals surface area contributed by atoms with Gasteiger partial charge in [-0.05, 0) is 42.5 Å². The van der Waals surface area contributed by atoms with E-state index in [4.69, 9.17) is 9.73 Å². The summed E-state index contributed by atoms with van der Waals surface area (Å²) in [4.78, 5) is 7.58. The summed E-state index contributed by atoms with van der Waals surface area (Å²) in [6, 6.07) is 30.4. The van der Waals surface area contributed by atoms with Crippen LogP contribution in [-0.2, 0) is 23.2 Å². The van der Waals surface area contributed by atoms with E-state index >= 15 is 0 Å². The monoisotopic (exact) mass is 462 g/mol. The molecule has 1 heterocycles. The number of fused-ring (bicyclic) bond motifs is 1. The number of ether oxygens (including phenoxy) is 1. The van der Waals surface area contributed by atoms with Crippen LogP contribution in [0.5, 0.6) is 0 Å². The molecule has 0 radical (unpaired) electrons. The van der Waals surface area contributed by atoms with Crippen LogP contribution >= 0.6 is 0 Å². The van der Waals surface area contributed by atoms with Crippen LogP contribution in [0, 0.1) is 0 Å². The smallest absolute Gasteiger partial charge is 0.199 e. The fourth-order valence-corrected chi connectivity index (χ4v) is 5.31. The molecule has 0 fully saturated rings. The number of hydrogen-bond acceptors (Lipinski definition) is 3. The predicted octanol–water partition coefficient (Wildman–Crippen LogP) is 7.02. The van der Waals surface area contributed by atoms with E-state index < -0.39 is 5.41 Å². The molecule has 3 aromatic carbocycles. The molecule has 0 saturated heterocycles. The van der Waals surface area contributed by atoms with Gasteiger partial charge in [0.25, 0.3) is 0 Å². The van der Waals surface area contributed by atoms with Crippen molar-refractivity contribution in [1.29, 1.82) is 0 Å². The Bertz CT molecular complexity index is 1190. The second kappa shape index (κ2) is 9.67. The third-order valence-corrected chi connectivity index (χ3v) is 6.99. The molecule has 3 nitrogen and oxygen atoms in total. The van der Waals surface area contributed by atoms with Gasteiger partial charge in [-0.2, -0.15) is 0 Å². The summed E-state index contributed by atoms with van der Waals surface area (Å²) in [5.41, 5.74) is 4.54. The second-order valence-corrected chi connectivity index (χ2v) is 10.2. The van der Waals surface area contributed by atoms with Gasteiger partial charge < -0.3 is 4.74 Å². The van der Waals surface area contributed by atoms with Crippen LogP contribution in [0.1, 0.15) is 48.6 Å². The molecule has 2 atom stereocenters. The zero-order valence-electron chi connectivity index (χ0n) is 20.7. The Balaban J connectivity index is 1.59. The summed E-state index contributed by atoms with van der Waals surface area (Å²) >= 11 is 0. The molecule has 0 amide bonds. The van der Waals surface area contributed by atoms with Gasteiger partial charge in [0.05, 0.1) is 17.0 Å². The normalized spacial score (nSPS) is 22.4. The van der Waals surface area contributed by atoms with Crippen molar-refractivity contribution in [3.05, 3.63) is 132 Å². The first-order valence-electron chi connectivity index (χ1n) is 12.5. The van der Waals surface area contributed by atoms with E-state index in [0.29, 0.717) is 6.61 Å². The summed E-state index contributed by atoms with van der Waals surface area (Å²) in [7, 11) is 0. The van der Waals surface area contributed by atoms with Gasteiger partial charge >= 0.3 is 0 Å². The number of hydrogen-bond donors (Lipinski definition) is 0. The highest BCUT2D eigenvalue weighted by molar-refractivity contribution is 5.93. The molecule has 178 valence electrons. The maximum absolute atomic E-state index is 6.24. The highest BCUT2D eigenvalue weighted by atomic mass is 16.5. The van der Waals surface area contributed by atoms with Crippen molar-refractivity contribution in [1.82, 2.24) is 4.90 Å². The van der Waals surface area contributed by atoms with Crippen LogP contribution in [0.4, 0.5) is 0 Å². The average molecular weight is 463 g/mol. The van der Waals surface area contributed by atoms with E-state index in [9.17, 15) is 0 Å². The quantitative estimate of drug-likeness (QED) is 0.336. The Hall–Kier alpha value is -3.43. The largest absolute Gasteiger partial charge is 0.478 e. The highest BCUT2D eigenvalue weighted by Gasteiger charge is 2.45. The van der Waals surface area contributed by atoms with Crippen LogP contribution in [0.3, 0.4) is 0 Å². The van der Waals surface area contributed by atoms with Gasteiger partial charge in [0.2, 0.25) is 0 Å². The Labute approximate surface area is 209 Å². The lowest BCUT2D eigenvalue weighted by molar-refractivity contribution is 0.207. The van der Waals surface area contributed by atoms with Crippen molar-refractivity contribution in [2.45, 2.75) is 50.4 Å². The lowest BCUT2D eigenvalue weighted by atomic mass is 9.70. The summed E-state index contributed by atoms with van der Waals surface area (Å²) in [5.74, 6) is 0.808. The minimum atomic E-state index is -0.423. The summed E-state index contributed by atoms with van der Waals surface area (Å²) in [5, 5.41) is 0. The second-order valence-electron chi connectivity index (χ2n) is 10.2. The third-order valence-electron chi connectivity index (χ3n) is 6.99. The van der Waals surface area contributed by atoms with E-state index in [1.165, 1.54) is 22.3 Å². The lowest BCUT2D eigenvalue weighted by Gasteiger charge is -2.40. The van der Waals surface area contributed by atoms with Crippen LogP contribution in [0.2, 0.25) is 0 Å². The van der Waals surface area contributed by atoms with Gasteiger partial charge in [0.1, 0.15) is 6.61 Å². The average Bonchev–Trinajstić information content (AvgIpc) is 3.25. The molecule has 1 aliphatic carbocycles. The molecule has 3 aromatic rings. The van der Waals surface area contributed by atoms with Crippen LogP contribution < -0.4 is 0 Å². The van der Waals surface area contributed by atoms with E-state index in [1.54, 1.807) is 0 Å². The van der Waals surface area contributed by atoms with E-state index in [1.807, 2.05) is 6.08 Å². The predicted molar refractivity (Wildman–Crippen MR) is 144 cm³/mol. The zero-order valence-corrected chi connectivity index (χ0v) is 20.7. The Kier molecular flexibility index (Phi) is 6.44. The molecule has 2 aliphatic rings. The van der Waals surface area contributed by atoms with Crippen molar-refractivity contribution in [3.8, 4) is 0 Å². The molecule has 0 bridgehead atoms. The van der Waals surface area contributed by atoms with E-state index in [2.05, 4.69) is 122 Å². The Morgan fingerprint density at radius 2 is 1.51 bits per heavy atom. The molecule has 0 saturated carbocycles. The van der Waals surface area contributed by atoms with Gasteiger partial charge in [-0.15, -0.1) is 6.58 Å². The fourth-order valence-electron chi connectivity index (χ4n) is 5.31. The highest BCUT2D eigenvalue weighted by Crippen LogP contribution is 2.45. The first kappa shape index (κ1) is 23.3. The molecular weight excluding hydrogens is 428 g/mol. The number of allylic oxidation sites excluding steroid dienone is 1. The zero-order chi connectivity index (χ0) is 24.3. The van der Waals surface area contributed by atoms with Gasteiger partial charge in [0.15, 0.2) is 5.90 Å². The Morgan fingerprint density at radius 1 is 0.914 bits per heavy atom. The Morgan fingerprint density at radius 3 is 2.09 bits per heavy atom. The molecular formula is C32H34N2O. The van der Waals surface area contributed by atoms with Crippen molar-refractivity contribution in [2.75, 3.05) is 6.61 Å². The molecule has 0 spiro atoms. The number of rotatable bonds is 8. The van der Waals surface area contributed by atoms with Gasteiger partial charge in [-0.1, -0.05) is 103 Å². The van der Waals surface area contributed by atoms with Crippen LogP contribution in [0.15, 0.2) is 115 Å². The molecule has 0 unspecified atom stereocenters. The van der Waals surface area contributed by atoms with E-state index in [-0.39, 0.29) is 11.6 Å². The van der Waals surface area contributed by atoms with Gasteiger partial charge in [-0.3, -0.25) is 4.90 Å². The van der Waals surface area contributed by atoms with E-state index in [0.717, 1.165) is 25.4 Å². The summed E-state index contributed by atoms with van der Waals surface area (Å²) in [6.45, 7) is 10.7. The number of nitrogens with zero attached hydrogens (tertiary/aromatic N) is 2. The summed E-state index contributed by atoms with van der Waals surface area (Å²) < 4.78 is 6.24. The van der Waals surface area contributed by atoms with Crippen LogP contribution in [-0.4, -0.2) is 22.9 Å². The maximum atomic E-state index is 6.24. The molecule has 1 aliphatic heterocycles. The van der Waals surface area contributed by atoms with Gasteiger partial charge in [-0.25, -0.2) is 4.99 Å². The fraction of sp³-hybridized carbons (Fsp3) is 0.281. The van der Waals surface area contributed by atoms with Crippen molar-refractivity contribution in [2.24, 2.45) is 4.99 Å². The number of benzene rings is 3. The van der Waals surface area contributed by atoms with Crippen molar-refractivity contribution >= 4 is 5.90 Å². The maximum Gasteiger partial charge on any atom is 0.199 e. The van der Waals surface area contributed by atoms with Gasteiger partial charge in [0, 0.05) is 13.1 Å². The molecule has 35 heavy (non-hydrogen) atoms. The number of aliphatic imine (C=N–C) groups is 1. The minimum absolute atomic E-state index is 0.138. The molecule has 3 heteroatoms. The minimum Gasteiger partial charge on any atom is -0.478 e. The van der Waals surface area contributed by atoms with Crippen molar-refractivity contribution < 1.29 is 4.74 Å². The topological polar surface area (TPSA) is 24.8 Å². The first-order chi connectivity index (χ1) is 17.0. The lowest BCUT2D eigenvalue weighted by Crippen LogP contribution is -2.40. The first-order valence-corrected chi connectivity index (χ1v) is 12.5.